The van der Waals surface area contributed by atoms with E-state index < -0.39 is 4.92 Å². The Bertz CT molecular complexity index is 825. The van der Waals surface area contributed by atoms with E-state index in [-0.39, 0.29) is 11.5 Å². The predicted molar refractivity (Wildman–Crippen MR) is 104 cm³/mol. The van der Waals surface area contributed by atoms with Gasteiger partial charge >= 0.3 is 0 Å². The maximum absolute atomic E-state index is 12.2. The zero-order valence-electron chi connectivity index (χ0n) is 15.7. The molecular formula is C21H23NO5. The minimum atomic E-state index is -0.499. The number of hydrogen-bond acceptors (Lipinski definition) is 5. The van der Waals surface area contributed by atoms with E-state index in [1.807, 2.05) is 12.1 Å². The number of benzene rings is 2. The second-order valence-corrected chi connectivity index (χ2v) is 6.44. The number of ketones is 1. The van der Waals surface area contributed by atoms with Crippen LogP contribution in [0.25, 0.3) is 6.08 Å². The van der Waals surface area contributed by atoms with Crippen LogP contribution in [0.5, 0.6) is 11.5 Å². The second kappa shape index (κ2) is 9.52. The number of non-ortho nitro benzene ring substituents is 1. The molecule has 0 fully saturated rings. The summed E-state index contributed by atoms with van der Waals surface area (Å²) in [4.78, 5) is 22.4. The van der Waals surface area contributed by atoms with Crippen LogP contribution in [0.1, 0.15) is 36.2 Å². The summed E-state index contributed by atoms with van der Waals surface area (Å²) < 4.78 is 11.1. The number of rotatable bonds is 9. The highest BCUT2D eigenvalue weighted by Crippen LogP contribution is 2.29. The van der Waals surface area contributed by atoms with E-state index in [9.17, 15) is 14.9 Å². The molecule has 0 radical (unpaired) electrons. The number of nitrogens with zero attached hydrogens (tertiary/aromatic N) is 1. The second-order valence-electron chi connectivity index (χ2n) is 6.44. The van der Waals surface area contributed by atoms with E-state index >= 15 is 0 Å². The molecule has 0 spiro atoms. The number of methoxy groups -OCH3 is 1. The fourth-order valence-corrected chi connectivity index (χ4v) is 2.33. The van der Waals surface area contributed by atoms with Crippen molar-refractivity contribution in [3.05, 3.63) is 69.8 Å². The monoisotopic (exact) mass is 369 g/mol. The lowest BCUT2D eigenvalue weighted by Crippen LogP contribution is -2.02. The highest BCUT2D eigenvalue weighted by molar-refractivity contribution is 6.06. The molecule has 0 heterocycles. The van der Waals surface area contributed by atoms with Gasteiger partial charge in [-0.25, -0.2) is 0 Å². The molecule has 0 atom stereocenters. The molecule has 0 bridgehead atoms. The lowest BCUT2D eigenvalue weighted by molar-refractivity contribution is -0.384. The lowest BCUT2D eigenvalue weighted by atomic mass is 10.1. The van der Waals surface area contributed by atoms with Gasteiger partial charge in [-0.2, -0.15) is 0 Å². The van der Waals surface area contributed by atoms with Gasteiger partial charge in [0.25, 0.3) is 5.69 Å². The molecule has 0 aromatic heterocycles. The minimum Gasteiger partial charge on any atom is -0.493 e. The number of nitro groups is 1. The average molecular weight is 369 g/mol. The highest BCUT2D eigenvalue weighted by Gasteiger charge is 2.08. The first-order valence-electron chi connectivity index (χ1n) is 8.68. The Hall–Kier alpha value is -3.15. The van der Waals surface area contributed by atoms with Gasteiger partial charge in [-0.1, -0.05) is 26.0 Å². The quantitative estimate of drug-likeness (QED) is 0.271. The predicted octanol–water partition coefficient (Wildman–Crippen LogP) is 4.92. The molecule has 0 amide bonds. The molecular weight excluding hydrogens is 346 g/mol. The topological polar surface area (TPSA) is 78.7 Å². The average Bonchev–Trinajstić information content (AvgIpc) is 2.66. The van der Waals surface area contributed by atoms with Crippen LogP contribution in [0.4, 0.5) is 5.69 Å². The van der Waals surface area contributed by atoms with Gasteiger partial charge < -0.3 is 9.47 Å². The van der Waals surface area contributed by atoms with Crippen molar-refractivity contribution in [2.24, 2.45) is 5.92 Å². The first-order valence-corrected chi connectivity index (χ1v) is 8.68. The fraction of sp³-hybridized carbons (Fsp3) is 0.286. The molecule has 0 unspecified atom stereocenters. The van der Waals surface area contributed by atoms with Crippen LogP contribution >= 0.6 is 0 Å². The van der Waals surface area contributed by atoms with Crippen LogP contribution in [-0.4, -0.2) is 24.4 Å². The third kappa shape index (κ3) is 5.95. The number of nitro benzene ring substituents is 1. The Morgan fingerprint density at radius 3 is 2.44 bits per heavy atom. The van der Waals surface area contributed by atoms with Crippen LogP contribution < -0.4 is 9.47 Å². The number of ether oxygens (including phenoxy) is 2. The highest BCUT2D eigenvalue weighted by atomic mass is 16.6. The number of allylic oxidation sites excluding steroid dienone is 1. The summed E-state index contributed by atoms with van der Waals surface area (Å²) >= 11 is 0. The molecule has 0 saturated carbocycles. The molecule has 2 rings (SSSR count). The first-order chi connectivity index (χ1) is 12.9. The van der Waals surface area contributed by atoms with Crippen LogP contribution in [0, 0.1) is 16.0 Å². The summed E-state index contributed by atoms with van der Waals surface area (Å²) in [5, 5.41) is 10.7. The van der Waals surface area contributed by atoms with Crippen LogP contribution in [0.15, 0.2) is 48.5 Å². The Labute approximate surface area is 158 Å². The molecule has 6 nitrogen and oxygen atoms in total. The maximum Gasteiger partial charge on any atom is 0.269 e. The lowest BCUT2D eigenvalue weighted by Gasteiger charge is -2.12. The summed E-state index contributed by atoms with van der Waals surface area (Å²) in [6.07, 6.45) is 4.05. The minimum absolute atomic E-state index is 0.0479. The van der Waals surface area contributed by atoms with E-state index in [0.717, 1.165) is 12.0 Å². The third-order valence-electron chi connectivity index (χ3n) is 3.93. The van der Waals surface area contributed by atoms with E-state index in [1.54, 1.807) is 19.3 Å². The van der Waals surface area contributed by atoms with Gasteiger partial charge in [0.05, 0.1) is 18.6 Å². The zero-order valence-corrected chi connectivity index (χ0v) is 15.7. The molecule has 0 saturated heterocycles. The molecule has 2 aromatic carbocycles. The summed E-state index contributed by atoms with van der Waals surface area (Å²) in [6, 6.07) is 11.0. The zero-order chi connectivity index (χ0) is 19.8. The normalized spacial score (nSPS) is 11.0. The van der Waals surface area contributed by atoms with Gasteiger partial charge in [-0.3, -0.25) is 14.9 Å². The molecule has 0 aliphatic heterocycles. The smallest absolute Gasteiger partial charge is 0.269 e. The summed E-state index contributed by atoms with van der Waals surface area (Å²) in [5.74, 6) is 1.59. The van der Waals surface area contributed by atoms with Crippen molar-refractivity contribution in [3.63, 3.8) is 0 Å². The molecule has 0 aliphatic rings. The van der Waals surface area contributed by atoms with Gasteiger partial charge in [-0.15, -0.1) is 0 Å². The Morgan fingerprint density at radius 2 is 1.85 bits per heavy atom. The van der Waals surface area contributed by atoms with Gasteiger partial charge in [0.2, 0.25) is 0 Å². The number of carbonyl (C=O) groups excluding carboxylic acids is 1. The standard InChI is InChI=1S/C21H23NO5/c1-15(2)12-13-27-20-11-5-16(14-21(20)26-3)4-10-19(23)17-6-8-18(9-7-17)22(24)25/h4-11,14-15H,12-13H2,1-3H3. The number of hydrogen-bond donors (Lipinski definition) is 0. The molecule has 0 aliphatic carbocycles. The van der Waals surface area contributed by atoms with Crippen molar-refractivity contribution < 1.29 is 19.2 Å². The fourth-order valence-electron chi connectivity index (χ4n) is 2.33. The van der Waals surface area contributed by atoms with Crippen molar-refractivity contribution in [1.82, 2.24) is 0 Å². The van der Waals surface area contributed by atoms with Gasteiger partial charge in [0, 0.05) is 17.7 Å². The summed E-state index contributed by atoms with van der Waals surface area (Å²) in [7, 11) is 1.57. The van der Waals surface area contributed by atoms with E-state index in [1.165, 1.54) is 30.3 Å². The van der Waals surface area contributed by atoms with Crippen molar-refractivity contribution in [3.8, 4) is 11.5 Å². The van der Waals surface area contributed by atoms with Gasteiger partial charge in [0.15, 0.2) is 17.3 Å². The van der Waals surface area contributed by atoms with Gasteiger partial charge in [-0.05, 0) is 48.2 Å². The largest absolute Gasteiger partial charge is 0.493 e. The van der Waals surface area contributed by atoms with E-state index in [4.69, 9.17) is 9.47 Å². The molecule has 6 heteroatoms. The van der Waals surface area contributed by atoms with E-state index in [2.05, 4.69) is 13.8 Å². The maximum atomic E-state index is 12.2. The third-order valence-corrected chi connectivity index (χ3v) is 3.93. The van der Waals surface area contributed by atoms with E-state index in [0.29, 0.717) is 29.6 Å². The van der Waals surface area contributed by atoms with Crippen LogP contribution in [0.2, 0.25) is 0 Å². The van der Waals surface area contributed by atoms with Crippen LogP contribution in [-0.2, 0) is 0 Å². The summed E-state index contributed by atoms with van der Waals surface area (Å²) in [5.41, 5.74) is 1.13. The molecule has 27 heavy (non-hydrogen) atoms. The van der Waals surface area contributed by atoms with Gasteiger partial charge in [0.1, 0.15) is 0 Å². The first kappa shape index (κ1) is 20.2. The van der Waals surface area contributed by atoms with Crippen molar-refractivity contribution >= 4 is 17.5 Å². The number of carbonyl (C=O) groups is 1. The van der Waals surface area contributed by atoms with Crippen molar-refractivity contribution in [1.29, 1.82) is 0 Å². The van der Waals surface area contributed by atoms with Crippen molar-refractivity contribution in [2.45, 2.75) is 20.3 Å². The molecule has 0 N–H and O–H groups in total. The Morgan fingerprint density at radius 1 is 1.15 bits per heavy atom. The van der Waals surface area contributed by atoms with Crippen LogP contribution in [0.3, 0.4) is 0 Å². The Kier molecular flexibility index (Phi) is 7.11. The molecule has 2 aromatic rings. The Balaban J connectivity index is 2.07. The molecule has 142 valence electrons. The SMILES string of the molecule is COc1cc(C=CC(=O)c2ccc([N+](=O)[O-])cc2)ccc1OCCC(C)C. The van der Waals surface area contributed by atoms with Crippen molar-refractivity contribution in [2.75, 3.05) is 13.7 Å². The summed E-state index contributed by atoms with van der Waals surface area (Å²) in [6.45, 7) is 4.88.